The Kier molecular flexibility index (Phi) is 3.91. The molecule has 4 aromatic rings. The zero-order valence-corrected chi connectivity index (χ0v) is 15.3. The van der Waals surface area contributed by atoms with Crippen LogP contribution in [0.5, 0.6) is 0 Å². The minimum atomic E-state index is -0.404. The van der Waals surface area contributed by atoms with E-state index in [1.807, 2.05) is 12.1 Å². The van der Waals surface area contributed by atoms with Crippen LogP contribution < -0.4 is 10.9 Å². The SMILES string of the molecule is CC(C)(C)c1cc(Nc2nc3ccc(F)cc3c3c(=O)[nH]ccc23)ccn1. The van der Waals surface area contributed by atoms with Gasteiger partial charge in [0.05, 0.1) is 10.9 Å². The third-order valence-electron chi connectivity index (χ3n) is 4.47. The van der Waals surface area contributed by atoms with Crippen molar-refractivity contribution in [1.29, 1.82) is 0 Å². The topological polar surface area (TPSA) is 70.7 Å². The van der Waals surface area contributed by atoms with E-state index in [9.17, 15) is 9.18 Å². The van der Waals surface area contributed by atoms with E-state index in [2.05, 4.69) is 41.0 Å². The summed E-state index contributed by atoms with van der Waals surface area (Å²) in [5.41, 5.74) is 1.94. The van der Waals surface area contributed by atoms with E-state index in [1.54, 1.807) is 24.5 Å². The fourth-order valence-electron chi connectivity index (χ4n) is 3.08. The van der Waals surface area contributed by atoms with Crippen LogP contribution in [0.15, 0.2) is 53.6 Å². The van der Waals surface area contributed by atoms with Crippen molar-refractivity contribution in [2.75, 3.05) is 5.32 Å². The molecule has 1 aromatic carbocycles. The third kappa shape index (κ3) is 3.14. The lowest BCUT2D eigenvalue weighted by molar-refractivity contribution is 0.569. The lowest BCUT2D eigenvalue weighted by Gasteiger charge is -2.19. The molecule has 3 heterocycles. The third-order valence-corrected chi connectivity index (χ3v) is 4.47. The molecule has 0 amide bonds. The van der Waals surface area contributed by atoms with Crippen LogP contribution in [-0.2, 0) is 5.41 Å². The van der Waals surface area contributed by atoms with Crippen molar-refractivity contribution in [3.05, 3.63) is 70.7 Å². The number of anilines is 2. The molecule has 0 fully saturated rings. The number of nitrogens with one attached hydrogen (secondary N) is 2. The Morgan fingerprint density at radius 2 is 1.89 bits per heavy atom. The molecule has 0 radical (unpaired) electrons. The minimum absolute atomic E-state index is 0.0920. The van der Waals surface area contributed by atoms with E-state index in [-0.39, 0.29) is 11.0 Å². The lowest BCUT2D eigenvalue weighted by atomic mass is 9.91. The summed E-state index contributed by atoms with van der Waals surface area (Å²) >= 11 is 0. The number of benzene rings is 1. The molecule has 0 unspecified atom stereocenters. The molecule has 5 nitrogen and oxygen atoms in total. The molecule has 6 heteroatoms. The molecule has 0 atom stereocenters. The molecule has 0 spiro atoms. The monoisotopic (exact) mass is 362 g/mol. The maximum absolute atomic E-state index is 13.7. The Hall–Kier alpha value is -3.28. The standard InChI is InChI=1S/C21H19FN4O/c1-21(2,3)17-11-13(6-8-23-17)25-19-14-7-9-24-20(27)18(14)15-10-12(22)4-5-16(15)26-19/h4-11H,1-3H3,(H,24,27)(H,23,25,26). The fraction of sp³-hybridized carbons (Fsp3) is 0.190. The van der Waals surface area contributed by atoms with Gasteiger partial charge in [-0.1, -0.05) is 20.8 Å². The zero-order chi connectivity index (χ0) is 19.2. The Balaban J connectivity index is 1.93. The van der Waals surface area contributed by atoms with E-state index in [0.717, 1.165) is 11.4 Å². The number of pyridine rings is 3. The van der Waals surface area contributed by atoms with E-state index in [1.165, 1.54) is 12.1 Å². The average Bonchev–Trinajstić information content (AvgIpc) is 2.62. The highest BCUT2D eigenvalue weighted by atomic mass is 19.1. The molecule has 0 saturated carbocycles. The number of hydrogen-bond acceptors (Lipinski definition) is 4. The quantitative estimate of drug-likeness (QED) is 0.509. The summed E-state index contributed by atoms with van der Waals surface area (Å²) in [5, 5.41) is 4.83. The highest BCUT2D eigenvalue weighted by molar-refractivity contribution is 6.10. The fourth-order valence-corrected chi connectivity index (χ4v) is 3.08. The van der Waals surface area contributed by atoms with Gasteiger partial charge in [0.2, 0.25) is 0 Å². The number of fused-ring (bicyclic) bond motifs is 3. The summed E-state index contributed by atoms with van der Waals surface area (Å²) in [5.74, 6) is 0.139. The smallest absolute Gasteiger partial charge is 0.256 e. The van der Waals surface area contributed by atoms with Crippen molar-refractivity contribution < 1.29 is 4.39 Å². The van der Waals surface area contributed by atoms with Crippen LogP contribution >= 0.6 is 0 Å². The second-order valence-corrected chi connectivity index (χ2v) is 7.52. The Bertz CT molecular complexity index is 1220. The number of H-pyrrole nitrogens is 1. The summed E-state index contributed by atoms with van der Waals surface area (Å²) in [6, 6.07) is 9.84. The number of nitrogens with zero attached hydrogens (tertiary/aromatic N) is 2. The predicted octanol–water partition coefficient (Wildman–Crippen LogP) is 4.65. The molecule has 27 heavy (non-hydrogen) atoms. The molecule has 4 rings (SSSR count). The Morgan fingerprint density at radius 1 is 1.07 bits per heavy atom. The van der Waals surface area contributed by atoms with Crippen LogP contribution in [0.3, 0.4) is 0 Å². The first-order valence-corrected chi connectivity index (χ1v) is 8.67. The molecule has 0 saturated heterocycles. The van der Waals surface area contributed by atoms with Gasteiger partial charge in [-0.3, -0.25) is 9.78 Å². The summed E-state index contributed by atoms with van der Waals surface area (Å²) in [6.45, 7) is 6.28. The first-order chi connectivity index (χ1) is 12.8. The van der Waals surface area contributed by atoms with E-state index >= 15 is 0 Å². The van der Waals surface area contributed by atoms with Crippen LogP contribution in [0.4, 0.5) is 15.9 Å². The second kappa shape index (κ2) is 6.16. The zero-order valence-electron chi connectivity index (χ0n) is 15.3. The van der Waals surface area contributed by atoms with E-state index in [0.29, 0.717) is 27.5 Å². The van der Waals surface area contributed by atoms with Crippen molar-refractivity contribution >= 4 is 33.2 Å². The van der Waals surface area contributed by atoms with E-state index in [4.69, 9.17) is 0 Å². The summed E-state index contributed by atoms with van der Waals surface area (Å²) in [7, 11) is 0. The van der Waals surface area contributed by atoms with Crippen molar-refractivity contribution in [2.24, 2.45) is 0 Å². The molecule has 2 N–H and O–H groups in total. The number of aromatic amines is 1. The largest absolute Gasteiger partial charge is 0.340 e. The van der Waals surface area contributed by atoms with Crippen LogP contribution in [0.1, 0.15) is 26.5 Å². The van der Waals surface area contributed by atoms with Crippen LogP contribution in [0.25, 0.3) is 21.7 Å². The lowest BCUT2D eigenvalue weighted by Crippen LogP contribution is -2.13. The number of aromatic nitrogens is 3. The highest BCUT2D eigenvalue weighted by Gasteiger charge is 2.17. The van der Waals surface area contributed by atoms with Gasteiger partial charge in [0.1, 0.15) is 11.6 Å². The first-order valence-electron chi connectivity index (χ1n) is 8.67. The minimum Gasteiger partial charge on any atom is -0.340 e. The van der Waals surface area contributed by atoms with Gasteiger partial charge in [0.25, 0.3) is 5.56 Å². The van der Waals surface area contributed by atoms with Gasteiger partial charge in [0, 0.05) is 40.0 Å². The Labute approximate surface area is 155 Å². The van der Waals surface area contributed by atoms with Crippen LogP contribution in [0, 0.1) is 5.82 Å². The van der Waals surface area contributed by atoms with Gasteiger partial charge in [0.15, 0.2) is 0 Å². The maximum Gasteiger partial charge on any atom is 0.256 e. The molecular formula is C21H19FN4O. The van der Waals surface area contributed by atoms with Gasteiger partial charge >= 0.3 is 0 Å². The summed E-state index contributed by atoms with van der Waals surface area (Å²) < 4.78 is 13.7. The normalized spacial score (nSPS) is 11.9. The Morgan fingerprint density at radius 3 is 2.67 bits per heavy atom. The van der Waals surface area contributed by atoms with E-state index < -0.39 is 5.82 Å². The molecule has 0 bridgehead atoms. The molecular weight excluding hydrogens is 343 g/mol. The number of hydrogen-bond donors (Lipinski definition) is 2. The van der Waals surface area contributed by atoms with Crippen molar-refractivity contribution in [3.63, 3.8) is 0 Å². The molecule has 0 aliphatic rings. The maximum atomic E-state index is 13.7. The second-order valence-electron chi connectivity index (χ2n) is 7.52. The predicted molar refractivity (Wildman–Crippen MR) is 106 cm³/mol. The summed E-state index contributed by atoms with van der Waals surface area (Å²) in [6.07, 6.45) is 3.31. The van der Waals surface area contributed by atoms with Crippen LogP contribution in [-0.4, -0.2) is 15.0 Å². The molecule has 3 aromatic heterocycles. The molecule has 0 aliphatic carbocycles. The molecule has 0 aliphatic heterocycles. The summed E-state index contributed by atoms with van der Waals surface area (Å²) in [4.78, 5) is 24.2. The van der Waals surface area contributed by atoms with Crippen molar-refractivity contribution in [3.8, 4) is 0 Å². The number of rotatable bonds is 2. The number of halogens is 1. The van der Waals surface area contributed by atoms with Gasteiger partial charge in [-0.25, -0.2) is 9.37 Å². The van der Waals surface area contributed by atoms with Gasteiger partial charge < -0.3 is 10.3 Å². The highest BCUT2D eigenvalue weighted by Crippen LogP contribution is 2.30. The van der Waals surface area contributed by atoms with Gasteiger partial charge in [-0.15, -0.1) is 0 Å². The molecule has 136 valence electrons. The van der Waals surface area contributed by atoms with Crippen LogP contribution in [0.2, 0.25) is 0 Å². The average molecular weight is 362 g/mol. The van der Waals surface area contributed by atoms with Crippen molar-refractivity contribution in [1.82, 2.24) is 15.0 Å². The van der Waals surface area contributed by atoms with Gasteiger partial charge in [-0.2, -0.15) is 0 Å². The van der Waals surface area contributed by atoms with Gasteiger partial charge in [-0.05, 0) is 36.4 Å². The van der Waals surface area contributed by atoms with Crippen molar-refractivity contribution in [2.45, 2.75) is 26.2 Å². The first kappa shape index (κ1) is 17.1.